The van der Waals surface area contributed by atoms with E-state index in [0.29, 0.717) is 28.0 Å². The Bertz CT molecular complexity index is 1560. The number of furan rings is 1. The molecule has 0 bridgehead atoms. The summed E-state index contributed by atoms with van der Waals surface area (Å²) in [5, 5.41) is 4.64. The highest BCUT2D eigenvalue weighted by atomic mass is 32.2. The number of benzene rings is 2. The van der Waals surface area contributed by atoms with Crippen molar-refractivity contribution in [2.24, 2.45) is 0 Å². The third kappa shape index (κ3) is 5.64. The van der Waals surface area contributed by atoms with E-state index in [1.165, 1.54) is 12.7 Å². The smallest absolute Gasteiger partial charge is 0.229 e. The van der Waals surface area contributed by atoms with Crippen LogP contribution >= 0.6 is 24.0 Å². The second-order valence-electron chi connectivity index (χ2n) is 8.83. The number of hydrogen-bond acceptors (Lipinski definition) is 7. The number of sulfonamides is 1. The van der Waals surface area contributed by atoms with Crippen molar-refractivity contribution < 1.29 is 17.6 Å². The van der Waals surface area contributed by atoms with Crippen molar-refractivity contribution in [3.05, 3.63) is 96.0 Å². The minimum Gasteiger partial charge on any atom is -0.494 e. The number of thiocarbonyl (C=S) groups is 1. The van der Waals surface area contributed by atoms with Crippen molar-refractivity contribution in [2.75, 3.05) is 23.0 Å². The molecule has 5 rings (SSSR count). The lowest BCUT2D eigenvalue weighted by atomic mass is 10.0. The fourth-order valence-electron chi connectivity index (χ4n) is 4.31. The Balaban J connectivity index is 1.54. The maximum absolute atomic E-state index is 11.8. The van der Waals surface area contributed by atoms with Gasteiger partial charge in [0, 0.05) is 22.8 Å². The predicted octanol–water partition coefficient (Wildman–Crippen LogP) is 5.69. The molecule has 2 N–H and O–H groups in total. The molecule has 2 atom stereocenters. The van der Waals surface area contributed by atoms with E-state index in [9.17, 15) is 8.42 Å². The summed E-state index contributed by atoms with van der Waals surface area (Å²) in [7, 11) is -2.00. The second-order valence-corrected chi connectivity index (χ2v) is 12.0. The Morgan fingerprint density at radius 1 is 1.11 bits per heavy atom. The van der Waals surface area contributed by atoms with Gasteiger partial charge in [-0.25, -0.2) is 8.42 Å². The molecule has 8 nitrogen and oxygen atoms in total. The van der Waals surface area contributed by atoms with E-state index in [1.54, 1.807) is 36.2 Å². The summed E-state index contributed by atoms with van der Waals surface area (Å²) in [5.74, 6) is 1.07. The first-order chi connectivity index (χ1) is 18.2. The summed E-state index contributed by atoms with van der Waals surface area (Å²) in [4.78, 5) is 7.60. The van der Waals surface area contributed by atoms with Crippen molar-refractivity contribution in [1.82, 2.24) is 10.3 Å². The average Bonchev–Trinajstić information content (AvgIpc) is 3.49. The molecule has 2 aromatic heterocycles. The topological polar surface area (TPSA) is 96.7 Å². The van der Waals surface area contributed by atoms with Gasteiger partial charge in [0.05, 0.1) is 30.8 Å². The molecular formula is C27H26N4O4S3. The molecule has 0 saturated carbocycles. The molecule has 3 heterocycles. The Kier molecular flexibility index (Phi) is 7.33. The maximum atomic E-state index is 11.8. The minimum atomic E-state index is -3.48. The zero-order chi connectivity index (χ0) is 26.9. The third-order valence-electron chi connectivity index (χ3n) is 5.99. The van der Waals surface area contributed by atoms with E-state index < -0.39 is 10.0 Å². The van der Waals surface area contributed by atoms with Crippen LogP contribution in [0.5, 0.6) is 5.75 Å². The van der Waals surface area contributed by atoms with Gasteiger partial charge in [-0.2, -0.15) is 0 Å². The Hall–Kier alpha value is -3.54. The zero-order valence-corrected chi connectivity index (χ0v) is 23.4. The Morgan fingerprint density at radius 3 is 2.58 bits per heavy atom. The van der Waals surface area contributed by atoms with Crippen molar-refractivity contribution in [3.63, 3.8) is 0 Å². The first kappa shape index (κ1) is 26.1. The van der Waals surface area contributed by atoms with E-state index >= 15 is 0 Å². The summed E-state index contributed by atoms with van der Waals surface area (Å²) in [5.41, 5.74) is 3.06. The van der Waals surface area contributed by atoms with Gasteiger partial charge >= 0.3 is 0 Å². The van der Waals surface area contributed by atoms with Crippen LogP contribution in [-0.4, -0.2) is 31.9 Å². The van der Waals surface area contributed by atoms with Gasteiger partial charge in [-0.05, 0) is 67.7 Å². The number of hydrogen-bond donors (Lipinski definition) is 2. The Morgan fingerprint density at radius 2 is 1.89 bits per heavy atom. The number of aromatic nitrogens is 1. The van der Waals surface area contributed by atoms with E-state index in [0.717, 1.165) is 21.9 Å². The molecule has 0 spiro atoms. The van der Waals surface area contributed by atoms with E-state index in [1.807, 2.05) is 35.2 Å². The maximum Gasteiger partial charge on any atom is 0.229 e. The fourth-order valence-corrected chi connectivity index (χ4v) is 6.00. The zero-order valence-electron chi connectivity index (χ0n) is 20.9. The predicted molar refractivity (Wildman–Crippen MR) is 153 cm³/mol. The van der Waals surface area contributed by atoms with Gasteiger partial charge in [0.2, 0.25) is 10.0 Å². The number of nitrogens with one attached hydrogen (secondary N) is 2. The van der Waals surface area contributed by atoms with Crippen LogP contribution in [0, 0.1) is 6.92 Å². The van der Waals surface area contributed by atoms with Crippen molar-refractivity contribution in [1.29, 1.82) is 0 Å². The third-order valence-corrected chi connectivity index (χ3v) is 7.82. The van der Waals surface area contributed by atoms with Crippen LogP contribution in [-0.2, 0) is 10.0 Å². The molecule has 1 fully saturated rings. The normalized spacial score (nSPS) is 17.3. The lowest BCUT2D eigenvalue weighted by Gasteiger charge is -2.26. The van der Waals surface area contributed by atoms with Crippen LogP contribution in [0.15, 0.2) is 93.4 Å². The van der Waals surface area contributed by atoms with Gasteiger partial charge in [-0.15, -0.1) is 0 Å². The number of ether oxygens (including phenoxy) is 1. The first-order valence-corrected chi connectivity index (χ1v) is 14.8. The molecular weight excluding hydrogens is 541 g/mol. The van der Waals surface area contributed by atoms with Gasteiger partial charge in [0.1, 0.15) is 17.6 Å². The number of methoxy groups -OCH3 is 1. The number of rotatable bonds is 8. The number of aryl methyl sites for hydroxylation is 1. The van der Waals surface area contributed by atoms with E-state index in [-0.39, 0.29) is 12.1 Å². The molecule has 11 heteroatoms. The Labute approximate surface area is 231 Å². The highest BCUT2D eigenvalue weighted by Crippen LogP contribution is 2.44. The van der Waals surface area contributed by atoms with Crippen LogP contribution in [0.3, 0.4) is 0 Å². The quantitative estimate of drug-likeness (QED) is 0.261. The van der Waals surface area contributed by atoms with Crippen LogP contribution in [0.25, 0.3) is 0 Å². The fraction of sp³-hybridized carbons (Fsp3) is 0.185. The minimum absolute atomic E-state index is 0.285. The average molecular weight is 567 g/mol. The second kappa shape index (κ2) is 10.7. The lowest BCUT2D eigenvalue weighted by Crippen LogP contribution is -2.29. The molecule has 1 aliphatic rings. The molecule has 0 amide bonds. The molecule has 0 unspecified atom stereocenters. The van der Waals surface area contributed by atoms with Gasteiger partial charge in [0.15, 0.2) is 10.2 Å². The summed E-state index contributed by atoms with van der Waals surface area (Å²) < 4.78 is 38.0. The highest BCUT2D eigenvalue weighted by Gasteiger charge is 2.42. The van der Waals surface area contributed by atoms with Crippen molar-refractivity contribution >= 4 is 50.5 Å². The molecule has 38 heavy (non-hydrogen) atoms. The van der Waals surface area contributed by atoms with Gasteiger partial charge in [-0.1, -0.05) is 35.5 Å². The molecule has 0 radical (unpaired) electrons. The summed E-state index contributed by atoms with van der Waals surface area (Å²) in [6.45, 7) is 2.06. The molecule has 2 aromatic carbocycles. The molecule has 4 aromatic rings. The lowest BCUT2D eigenvalue weighted by molar-refractivity contribution is 0.383. The molecule has 1 saturated heterocycles. The largest absolute Gasteiger partial charge is 0.494 e. The van der Waals surface area contributed by atoms with Gasteiger partial charge in [0.25, 0.3) is 0 Å². The molecule has 1 aliphatic heterocycles. The van der Waals surface area contributed by atoms with Crippen LogP contribution in [0.1, 0.15) is 29.1 Å². The van der Waals surface area contributed by atoms with E-state index in [2.05, 4.69) is 46.2 Å². The highest BCUT2D eigenvalue weighted by molar-refractivity contribution is 7.99. The van der Waals surface area contributed by atoms with Crippen molar-refractivity contribution in [3.8, 4) is 5.75 Å². The molecule has 196 valence electrons. The summed E-state index contributed by atoms with van der Waals surface area (Å²) >= 11 is 7.33. The van der Waals surface area contributed by atoms with E-state index in [4.69, 9.17) is 21.4 Å². The number of anilines is 2. The SMILES string of the molecule is COc1cc(N2C(=S)N[C@@H](c3ccccn3)[C@@H]2c2ccc(Sc3ccc(C)cc3)o2)ccc1NS(C)(=O)=O. The van der Waals surface area contributed by atoms with Crippen LogP contribution in [0.4, 0.5) is 11.4 Å². The first-order valence-electron chi connectivity index (χ1n) is 11.7. The standard InChI is InChI=1S/C27H26N4O4S3/c1-17-7-10-19(11-8-17)37-24-14-13-22(35-24)26-25(21-6-4-5-15-28-21)29-27(36)31(26)18-9-12-20(23(16-18)34-2)30-38(3,32)33/h4-16,25-26,30H,1-3H3,(H,29,36)/t25-,26-/m0/s1. The monoisotopic (exact) mass is 566 g/mol. The summed E-state index contributed by atoms with van der Waals surface area (Å²) in [6.07, 6.45) is 2.84. The van der Waals surface area contributed by atoms with Crippen LogP contribution in [0.2, 0.25) is 0 Å². The van der Waals surface area contributed by atoms with Gasteiger partial charge in [-0.3, -0.25) is 9.71 Å². The van der Waals surface area contributed by atoms with Crippen LogP contribution < -0.4 is 19.7 Å². The molecule has 0 aliphatic carbocycles. The number of nitrogens with zero attached hydrogens (tertiary/aromatic N) is 2. The summed E-state index contributed by atoms with van der Waals surface area (Å²) in [6, 6.07) is 22.5. The number of pyridine rings is 1. The van der Waals surface area contributed by atoms with Gasteiger partial charge < -0.3 is 19.4 Å². The van der Waals surface area contributed by atoms with Crippen molar-refractivity contribution in [2.45, 2.75) is 29.0 Å².